The van der Waals surface area contributed by atoms with Crippen molar-refractivity contribution >= 4 is 11.6 Å². The average molecular weight is 316 g/mol. The molecule has 1 amide bonds. The first-order valence-corrected chi connectivity index (χ1v) is 8.61. The maximum atomic E-state index is 12.7. The summed E-state index contributed by atoms with van der Waals surface area (Å²) in [4.78, 5) is 14.7. The summed E-state index contributed by atoms with van der Waals surface area (Å²) in [6.07, 6.45) is 5.10. The summed E-state index contributed by atoms with van der Waals surface area (Å²) in [6.45, 7) is 7.47. The molecule has 5 heteroatoms. The molecule has 0 aliphatic carbocycles. The number of nitrogen functional groups attached to an aromatic ring is 1. The van der Waals surface area contributed by atoms with Crippen LogP contribution in [-0.4, -0.2) is 28.0 Å². The fourth-order valence-electron chi connectivity index (χ4n) is 3.28. The number of aromatic nitrogens is 1. The van der Waals surface area contributed by atoms with Gasteiger partial charge in [0.1, 0.15) is 18.3 Å². The number of nitriles is 1. The third kappa shape index (κ3) is 4.07. The minimum atomic E-state index is 0.0927. The molecule has 1 fully saturated rings. The molecule has 1 saturated heterocycles. The predicted octanol–water partition coefficient (Wildman–Crippen LogP) is 2.93. The number of piperidine rings is 1. The summed E-state index contributed by atoms with van der Waals surface area (Å²) in [5, 5.41) is 9.36. The van der Waals surface area contributed by atoms with Crippen LogP contribution in [0.2, 0.25) is 0 Å². The smallest absolute Gasteiger partial charge is 0.242 e. The van der Waals surface area contributed by atoms with Gasteiger partial charge in [0, 0.05) is 18.3 Å². The number of carbonyl (C=O) groups excluding carboxylic acids is 1. The van der Waals surface area contributed by atoms with Crippen molar-refractivity contribution in [1.29, 1.82) is 5.26 Å². The van der Waals surface area contributed by atoms with Crippen LogP contribution >= 0.6 is 0 Å². The van der Waals surface area contributed by atoms with Crippen molar-refractivity contribution in [3.8, 4) is 6.07 Å². The highest BCUT2D eigenvalue weighted by Crippen LogP contribution is 2.23. The molecule has 1 aromatic rings. The molecule has 0 spiro atoms. The first-order valence-electron chi connectivity index (χ1n) is 8.61. The Kier molecular flexibility index (Phi) is 5.70. The van der Waals surface area contributed by atoms with Crippen LogP contribution in [0.25, 0.3) is 0 Å². The average Bonchev–Trinajstić information content (AvgIpc) is 2.80. The maximum absolute atomic E-state index is 12.7. The number of likely N-dealkylation sites (tertiary alicyclic amines) is 1. The Hall–Kier alpha value is -1.96. The zero-order chi connectivity index (χ0) is 17.0. The Morgan fingerprint density at radius 2 is 2.22 bits per heavy atom. The molecule has 1 aliphatic rings. The SMILES string of the molecule is CC(C)CCc1c(N)cc(C#N)n1CC(=O)N1CCCC[C@@H]1C. The number of nitrogens with zero attached hydrogens (tertiary/aromatic N) is 3. The number of nitrogens with two attached hydrogens (primary N) is 1. The van der Waals surface area contributed by atoms with Crippen molar-refractivity contribution in [2.75, 3.05) is 12.3 Å². The van der Waals surface area contributed by atoms with Gasteiger partial charge in [-0.05, 0) is 51.0 Å². The van der Waals surface area contributed by atoms with Crippen LogP contribution in [0.15, 0.2) is 6.07 Å². The van der Waals surface area contributed by atoms with Gasteiger partial charge in [0.2, 0.25) is 5.91 Å². The molecule has 23 heavy (non-hydrogen) atoms. The molecule has 126 valence electrons. The van der Waals surface area contributed by atoms with Crippen LogP contribution in [0.5, 0.6) is 0 Å². The number of amides is 1. The minimum absolute atomic E-state index is 0.0927. The van der Waals surface area contributed by atoms with Gasteiger partial charge in [-0.3, -0.25) is 4.79 Å². The zero-order valence-electron chi connectivity index (χ0n) is 14.5. The van der Waals surface area contributed by atoms with Gasteiger partial charge in [-0.2, -0.15) is 5.26 Å². The number of hydrogen-bond donors (Lipinski definition) is 1. The summed E-state index contributed by atoms with van der Waals surface area (Å²) in [5.41, 5.74) is 8.12. The highest BCUT2D eigenvalue weighted by Gasteiger charge is 2.25. The van der Waals surface area contributed by atoms with Crippen molar-refractivity contribution in [2.24, 2.45) is 5.92 Å². The normalized spacial score (nSPS) is 18.2. The Balaban J connectivity index is 2.20. The molecule has 1 atom stereocenters. The van der Waals surface area contributed by atoms with E-state index in [1.807, 2.05) is 9.47 Å². The summed E-state index contributed by atoms with van der Waals surface area (Å²) in [7, 11) is 0. The van der Waals surface area contributed by atoms with Crippen molar-refractivity contribution in [3.05, 3.63) is 17.5 Å². The maximum Gasteiger partial charge on any atom is 0.242 e. The fourth-order valence-corrected chi connectivity index (χ4v) is 3.28. The third-order valence-electron chi connectivity index (χ3n) is 4.73. The Bertz CT molecular complexity index is 597. The van der Waals surface area contributed by atoms with E-state index in [9.17, 15) is 10.1 Å². The van der Waals surface area contributed by atoms with Gasteiger partial charge in [0.05, 0.1) is 5.69 Å². The lowest BCUT2D eigenvalue weighted by molar-refractivity contribution is -0.135. The van der Waals surface area contributed by atoms with Gasteiger partial charge in [0.25, 0.3) is 0 Å². The van der Waals surface area contributed by atoms with Gasteiger partial charge in [-0.25, -0.2) is 0 Å². The molecule has 0 bridgehead atoms. The quantitative estimate of drug-likeness (QED) is 0.907. The first kappa shape index (κ1) is 17.4. The number of carbonyl (C=O) groups is 1. The molecule has 0 unspecified atom stereocenters. The standard InChI is InChI=1S/C18H28N4O/c1-13(2)7-8-17-16(20)10-15(11-19)22(17)12-18(23)21-9-5-4-6-14(21)3/h10,13-14H,4-9,12,20H2,1-3H3/t14-/m0/s1. The van der Waals surface area contributed by atoms with Crippen LogP contribution in [0, 0.1) is 17.2 Å². The van der Waals surface area contributed by atoms with Crippen LogP contribution in [0.3, 0.4) is 0 Å². The molecule has 2 heterocycles. The molecule has 2 N–H and O–H groups in total. The van der Waals surface area contributed by atoms with E-state index in [4.69, 9.17) is 5.73 Å². The van der Waals surface area contributed by atoms with E-state index in [-0.39, 0.29) is 18.5 Å². The molecular weight excluding hydrogens is 288 g/mol. The Labute approximate surface area is 139 Å². The van der Waals surface area contributed by atoms with Gasteiger partial charge < -0.3 is 15.2 Å². The summed E-state index contributed by atoms with van der Waals surface area (Å²) >= 11 is 0. The Morgan fingerprint density at radius 1 is 1.48 bits per heavy atom. The van der Waals surface area contributed by atoms with Gasteiger partial charge >= 0.3 is 0 Å². The molecule has 0 saturated carbocycles. The van der Waals surface area contributed by atoms with E-state index in [0.29, 0.717) is 17.3 Å². The fraction of sp³-hybridized carbons (Fsp3) is 0.667. The van der Waals surface area contributed by atoms with Crippen molar-refractivity contribution in [1.82, 2.24) is 9.47 Å². The van der Waals surface area contributed by atoms with Crippen LogP contribution in [0.1, 0.15) is 57.8 Å². The van der Waals surface area contributed by atoms with Gasteiger partial charge in [0.15, 0.2) is 0 Å². The van der Waals surface area contributed by atoms with E-state index in [1.165, 1.54) is 6.42 Å². The van der Waals surface area contributed by atoms with E-state index < -0.39 is 0 Å². The predicted molar refractivity (Wildman–Crippen MR) is 91.7 cm³/mol. The third-order valence-corrected chi connectivity index (χ3v) is 4.73. The number of hydrogen-bond acceptors (Lipinski definition) is 3. The lowest BCUT2D eigenvalue weighted by atomic mass is 10.0. The largest absolute Gasteiger partial charge is 0.397 e. The van der Waals surface area contributed by atoms with E-state index in [2.05, 4.69) is 26.8 Å². The van der Waals surface area contributed by atoms with E-state index in [1.54, 1.807) is 6.07 Å². The van der Waals surface area contributed by atoms with Gasteiger partial charge in [-0.15, -0.1) is 0 Å². The molecular formula is C18H28N4O. The van der Waals surface area contributed by atoms with Crippen LogP contribution < -0.4 is 5.73 Å². The first-order chi connectivity index (χ1) is 10.9. The minimum Gasteiger partial charge on any atom is -0.397 e. The van der Waals surface area contributed by atoms with Crippen molar-refractivity contribution in [3.63, 3.8) is 0 Å². The van der Waals surface area contributed by atoms with Crippen LogP contribution in [-0.2, 0) is 17.8 Å². The van der Waals surface area contributed by atoms with E-state index >= 15 is 0 Å². The lowest BCUT2D eigenvalue weighted by Gasteiger charge is -2.33. The summed E-state index contributed by atoms with van der Waals surface area (Å²) in [6, 6.07) is 4.16. The lowest BCUT2D eigenvalue weighted by Crippen LogP contribution is -2.43. The molecule has 5 nitrogen and oxygen atoms in total. The monoisotopic (exact) mass is 316 g/mol. The van der Waals surface area contributed by atoms with Gasteiger partial charge in [-0.1, -0.05) is 13.8 Å². The molecule has 1 aromatic heterocycles. The van der Waals surface area contributed by atoms with Crippen molar-refractivity contribution in [2.45, 2.75) is 65.5 Å². The molecule has 0 aromatic carbocycles. The number of rotatable bonds is 5. The molecule has 2 rings (SSSR count). The van der Waals surface area contributed by atoms with Crippen LogP contribution in [0.4, 0.5) is 5.69 Å². The topological polar surface area (TPSA) is 75.0 Å². The second-order valence-electron chi connectivity index (χ2n) is 6.99. The molecule has 1 aliphatic heterocycles. The zero-order valence-corrected chi connectivity index (χ0v) is 14.5. The second-order valence-corrected chi connectivity index (χ2v) is 6.99. The summed E-state index contributed by atoms with van der Waals surface area (Å²) < 4.78 is 1.82. The highest BCUT2D eigenvalue weighted by molar-refractivity contribution is 5.77. The number of anilines is 1. The van der Waals surface area contributed by atoms with E-state index in [0.717, 1.165) is 37.9 Å². The van der Waals surface area contributed by atoms with Crippen molar-refractivity contribution < 1.29 is 4.79 Å². The second kappa shape index (κ2) is 7.54. The highest BCUT2D eigenvalue weighted by atomic mass is 16.2. The Morgan fingerprint density at radius 3 is 2.83 bits per heavy atom. The molecule has 0 radical (unpaired) electrons. The summed E-state index contributed by atoms with van der Waals surface area (Å²) in [5.74, 6) is 0.649.